The lowest BCUT2D eigenvalue weighted by Crippen LogP contribution is -2.24. The van der Waals surface area contributed by atoms with E-state index in [1.165, 1.54) is 24.1 Å². The van der Waals surface area contributed by atoms with E-state index in [0.717, 1.165) is 24.2 Å². The topological polar surface area (TPSA) is 32.3 Å². The molecule has 0 spiro atoms. The lowest BCUT2D eigenvalue weighted by atomic mass is 10.1. The molecule has 1 fully saturated rings. The van der Waals surface area contributed by atoms with E-state index >= 15 is 0 Å². The highest BCUT2D eigenvalue weighted by Gasteiger charge is 2.12. The zero-order valence-electron chi connectivity index (χ0n) is 13.7. The van der Waals surface area contributed by atoms with Crippen LogP contribution in [-0.4, -0.2) is 19.0 Å². The molecule has 3 heteroatoms. The van der Waals surface area contributed by atoms with Crippen molar-refractivity contribution in [3.63, 3.8) is 0 Å². The van der Waals surface area contributed by atoms with Gasteiger partial charge in [0.2, 0.25) is 5.91 Å². The molecule has 0 unspecified atom stereocenters. The van der Waals surface area contributed by atoms with Crippen molar-refractivity contribution in [2.45, 2.75) is 32.7 Å². The molecule has 0 aliphatic carbocycles. The fraction of sp³-hybridized carbons (Fsp3) is 0.350. The minimum atomic E-state index is 0.0690. The van der Waals surface area contributed by atoms with Crippen LogP contribution < -0.4 is 10.2 Å². The summed E-state index contributed by atoms with van der Waals surface area (Å²) >= 11 is 0. The van der Waals surface area contributed by atoms with Gasteiger partial charge in [0.05, 0.1) is 6.42 Å². The van der Waals surface area contributed by atoms with Gasteiger partial charge in [-0.1, -0.05) is 42.0 Å². The summed E-state index contributed by atoms with van der Waals surface area (Å²) in [7, 11) is 0. The number of hydrogen-bond acceptors (Lipinski definition) is 2. The lowest BCUT2D eigenvalue weighted by Gasteiger charge is -2.17. The van der Waals surface area contributed by atoms with Crippen LogP contribution in [-0.2, 0) is 17.8 Å². The summed E-state index contributed by atoms with van der Waals surface area (Å²) in [5.41, 5.74) is 4.70. The quantitative estimate of drug-likeness (QED) is 0.917. The van der Waals surface area contributed by atoms with Crippen molar-refractivity contribution in [3.05, 3.63) is 65.2 Å². The molecule has 3 nitrogen and oxygen atoms in total. The van der Waals surface area contributed by atoms with Crippen molar-refractivity contribution in [2.75, 3.05) is 18.0 Å². The second kappa shape index (κ2) is 7.32. The van der Waals surface area contributed by atoms with E-state index < -0.39 is 0 Å². The fourth-order valence-corrected chi connectivity index (χ4v) is 2.95. The number of hydrogen-bond donors (Lipinski definition) is 1. The number of amides is 1. The molecular formula is C20H24N2O. The van der Waals surface area contributed by atoms with Gasteiger partial charge in [0.25, 0.3) is 0 Å². The predicted molar refractivity (Wildman–Crippen MR) is 94.6 cm³/mol. The van der Waals surface area contributed by atoms with Crippen molar-refractivity contribution < 1.29 is 4.79 Å². The molecule has 2 aromatic rings. The van der Waals surface area contributed by atoms with Gasteiger partial charge in [-0.05, 0) is 43.0 Å². The Kier molecular flexibility index (Phi) is 4.96. The highest BCUT2D eigenvalue weighted by molar-refractivity contribution is 5.78. The molecule has 3 rings (SSSR count). The van der Waals surface area contributed by atoms with Crippen molar-refractivity contribution in [1.82, 2.24) is 5.32 Å². The van der Waals surface area contributed by atoms with Crippen LogP contribution in [0.5, 0.6) is 0 Å². The Morgan fingerprint density at radius 1 is 0.957 bits per heavy atom. The predicted octanol–water partition coefficient (Wildman–Crippen LogP) is 3.45. The molecule has 1 aliphatic heterocycles. The first-order valence-electron chi connectivity index (χ1n) is 8.37. The summed E-state index contributed by atoms with van der Waals surface area (Å²) < 4.78 is 0. The number of nitrogens with zero attached hydrogens (tertiary/aromatic N) is 1. The van der Waals surface area contributed by atoms with Gasteiger partial charge in [0.15, 0.2) is 0 Å². The molecule has 1 amide bonds. The molecule has 1 heterocycles. The van der Waals surface area contributed by atoms with E-state index in [1.807, 2.05) is 0 Å². The van der Waals surface area contributed by atoms with Gasteiger partial charge in [0, 0.05) is 25.3 Å². The first-order chi connectivity index (χ1) is 11.2. The minimum Gasteiger partial charge on any atom is -0.372 e. The van der Waals surface area contributed by atoms with Crippen LogP contribution in [0.3, 0.4) is 0 Å². The monoisotopic (exact) mass is 308 g/mol. The first kappa shape index (κ1) is 15.6. The normalized spacial score (nSPS) is 14.0. The highest BCUT2D eigenvalue weighted by atomic mass is 16.1. The Bertz CT molecular complexity index is 640. The molecule has 23 heavy (non-hydrogen) atoms. The molecule has 1 aliphatic rings. The lowest BCUT2D eigenvalue weighted by molar-refractivity contribution is -0.120. The number of carbonyl (C=O) groups excluding carboxylic acids is 1. The van der Waals surface area contributed by atoms with Gasteiger partial charge in [0.1, 0.15) is 0 Å². The number of carbonyl (C=O) groups is 1. The van der Waals surface area contributed by atoms with E-state index in [1.54, 1.807) is 0 Å². The van der Waals surface area contributed by atoms with Gasteiger partial charge in [-0.2, -0.15) is 0 Å². The minimum absolute atomic E-state index is 0.0690. The van der Waals surface area contributed by atoms with Gasteiger partial charge in [-0.25, -0.2) is 0 Å². The molecule has 120 valence electrons. The Morgan fingerprint density at radius 2 is 1.57 bits per heavy atom. The molecule has 0 bridgehead atoms. The molecular weight excluding hydrogens is 284 g/mol. The van der Waals surface area contributed by atoms with E-state index in [2.05, 4.69) is 65.7 Å². The largest absolute Gasteiger partial charge is 0.372 e. The van der Waals surface area contributed by atoms with Gasteiger partial charge >= 0.3 is 0 Å². The zero-order chi connectivity index (χ0) is 16.1. The number of nitrogens with one attached hydrogen (secondary N) is 1. The van der Waals surface area contributed by atoms with E-state index in [0.29, 0.717) is 13.0 Å². The Labute approximate surface area is 138 Å². The van der Waals surface area contributed by atoms with Crippen LogP contribution in [0.1, 0.15) is 29.5 Å². The average molecular weight is 308 g/mol. The maximum atomic E-state index is 12.1. The smallest absolute Gasteiger partial charge is 0.224 e. The van der Waals surface area contributed by atoms with Crippen LogP contribution in [0, 0.1) is 6.92 Å². The summed E-state index contributed by atoms with van der Waals surface area (Å²) in [5.74, 6) is 0.0690. The number of benzene rings is 2. The van der Waals surface area contributed by atoms with E-state index in [4.69, 9.17) is 0 Å². The highest BCUT2D eigenvalue weighted by Crippen LogP contribution is 2.20. The maximum absolute atomic E-state index is 12.1. The second-order valence-electron chi connectivity index (χ2n) is 6.30. The fourth-order valence-electron chi connectivity index (χ4n) is 2.95. The van der Waals surface area contributed by atoms with Crippen LogP contribution in [0.15, 0.2) is 48.5 Å². The van der Waals surface area contributed by atoms with Crippen LogP contribution in [0.4, 0.5) is 5.69 Å². The number of rotatable bonds is 5. The van der Waals surface area contributed by atoms with E-state index in [-0.39, 0.29) is 5.91 Å². The molecule has 1 N–H and O–H groups in total. The Morgan fingerprint density at radius 3 is 2.22 bits per heavy atom. The number of anilines is 1. The summed E-state index contributed by atoms with van der Waals surface area (Å²) in [6.45, 7) is 4.95. The first-order valence-corrected chi connectivity index (χ1v) is 8.37. The molecule has 2 aromatic carbocycles. The van der Waals surface area contributed by atoms with Crippen molar-refractivity contribution in [1.29, 1.82) is 0 Å². The molecule has 0 atom stereocenters. The summed E-state index contributed by atoms with van der Waals surface area (Å²) in [6, 6.07) is 16.7. The zero-order valence-corrected chi connectivity index (χ0v) is 13.7. The Hall–Kier alpha value is -2.29. The molecule has 0 radical (unpaired) electrons. The summed E-state index contributed by atoms with van der Waals surface area (Å²) in [6.07, 6.45) is 3.00. The maximum Gasteiger partial charge on any atom is 0.224 e. The van der Waals surface area contributed by atoms with Crippen molar-refractivity contribution in [2.24, 2.45) is 0 Å². The van der Waals surface area contributed by atoms with Crippen LogP contribution >= 0.6 is 0 Å². The van der Waals surface area contributed by atoms with Gasteiger partial charge in [-0.3, -0.25) is 4.79 Å². The average Bonchev–Trinajstić information content (AvgIpc) is 3.09. The SMILES string of the molecule is Cc1ccc(CNC(=O)Cc2ccc(N3CCCC3)cc2)cc1. The van der Waals surface area contributed by atoms with Gasteiger partial charge in [-0.15, -0.1) is 0 Å². The number of aryl methyl sites for hydroxylation is 1. The summed E-state index contributed by atoms with van der Waals surface area (Å²) in [5, 5.41) is 2.99. The van der Waals surface area contributed by atoms with Gasteiger partial charge < -0.3 is 10.2 Å². The second-order valence-corrected chi connectivity index (χ2v) is 6.30. The molecule has 0 saturated carbocycles. The van der Waals surface area contributed by atoms with Crippen LogP contribution in [0.2, 0.25) is 0 Å². The van der Waals surface area contributed by atoms with Crippen LogP contribution in [0.25, 0.3) is 0 Å². The Balaban J connectivity index is 1.50. The molecule has 0 aromatic heterocycles. The third kappa shape index (κ3) is 4.35. The van der Waals surface area contributed by atoms with Crippen molar-refractivity contribution in [3.8, 4) is 0 Å². The third-order valence-corrected chi connectivity index (χ3v) is 4.38. The third-order valence-electron chi connectivity index (χ3n) is 4.38. The summed E-state index contributed by atoms with van der Waals surface area (Å²) in [4.78, 5) is 14.5. The standard InChI is InChI=1S/C20H24N2O/c1-16-4-6-18(7-5-16)15-21-20(23)14-17-8-10-19(11-9-17)22-12-2-3-13-22/h4-11H,2-3,12-15H2,1H3,(H,21,23). The molecule has 1 saturated heterocycles. The van der Waals surface area contributed by atoms with Crippen molar-refractivity contribution >= 4 is 11.6 Å². The van der Waals surface area contributed by atoms with E-state index in [9.17, 15) is 4.79 Å².